The fourth-order valence-electron chi connectivity index (χ4n) is 1.54. The van der Waals surface area contributed by atoms with Gasteiger partial charge in [0.25, 0.3) is 0 Å². The Morgan fingerprint density at radius 1 is 1.43 bits per heavy atom. The third-order valence-corrected chi connectivity index (χ3v) is 2.37. The summed E-state index contributed by atoms with van der Waals surface area (Å²) in [6.45, 7) is 4.40. The minimum Gasteiger partial charge on any atom is -0.355 e. The van der Waals surface area contributed by atoms with Crippen LogP contribution in [0.4, 0.5) is 0 Å². The van der Waals surface area contributed by atoms with E-state index < -0.39 is 0 Å². The number of thiol groups is 1. The molecule has 0 amide bonds. The molecule has 5 nitrogen and oxygen atoms in total. The third kappa shape index (κ3) is 1.95. The highest BCUT2D eigenvalue weighted by Gasteiger charge is 2.22. The van der Waals surface area contributed by atoms with Crippen molar-refractivity contribution >= 4 is 24.5 Å². The minimum atomic E-state index is 0.812. The van der Waals surface area contributed by atoms with Gasteiger partial charge in [0.05, 0.1) is 13.1 Å². The second kappa shape index (κ2) is 4.54. The second-order valence-corrected chi connectivity index (χ2v) is 3.59. The van der Waals surface area contributed by atoms with Crippen LogP contribution in [-0.4, -0.2) is 55.3 Å². The first-order chi connectivity index (χ1) is 6.92. The highest BCUT2D eigenvalue weighted by Crippen LogP contribution is 2.02. The lowest BCUT2D eigenvalue weighted by Crippen LogP contribution is -2.47. The fourth-order valence-corrected chi connectivity index (χ4v) is 1.65. The van der Waals surface area contributed by atoms with Gasteiger partial charge in [-0.15, -0.1) is 0 Å². The lowest BCUT2D eigenvalue weighted by Gasteiger charge is -2.20. The smallest absolute Gasteiger partial charge is 0.201 e. The summed E-state index contributed by atoms with van der Waals surface area (Å²) in [5.41, 5.74) is 0. The summed E-state index contributed by atoms with van der Waals surface area (Å²) in [4.78, 5) is 10.8. The Labute approximate surface area is 89.1 Å². The Balaban J connectivity index is 1.95. The molecule has 78 valence electrons. The number of aliphatic imine (C=N–C) groups is 2. The Morgan fingerprint density at radius 2 is 2.36 bits per heavy atom. The number of nitrogens with one attached hydrogen (secondary N) is 2. The van der Waals surface area contributed by atoms with Crippen LogP contribution in [0.1, 0.15) is 0 Å². The molecule has 0 saturated heterocycles. The van der Waals surface area contributed by atoms with Crippen LogP contribution in [-0.2, 0) is 0 Å². The molecule has 2 aliphatic rings. The largest absolute Gasteiger partial charge is 0.355 e. The molecule has 2 heterocycles. The molecule has 0 spiro atoms. The van der Waals surface area contributed by atoms with Crippen LogP contribution in [0.5, 0.6) is 0 Å². The van der Waals surface area contributed by atoms with Crippen LogP contribution in [0.2, 0.25) is 0 Å². The van der Waals surface area contributed by atoms with Gasteiger partial charge in [0.2, 0.25) is 11.9 Å². The topological polar surface area (TPSA) is 52.0 Å². The van der Waals surface area contributed by atoms with Gasteiger partial charge in [0.15, 0.2) is 0 Å². The molecule has 0 fully saturated rings. The van der Waals surface area contributed by atoms with Gasteiger partial charge in [0.1, 0.15) is 0 Å². The molecule has 6 heteroatoms. The highest BCUT2D eigenvalue weighted by atomic mass is 32.1. The van der Waals surface area contributed by atoms with Crippen molar-refractivity contribution in [1.82, 2.24) is 15.5 Å². The monoisotopic (exact) mass is 213 g/mol. The van der Waals surface area contributed by atoms with Crippen molar-refractivity contribution in [3.8, 4) is 0 Å². The summed E-state index contributed by atoms with van der Waals surface area (Å²) in [7, 11) is 0. The van der Waals surface area contributed by atoms with Crippen molar-refractivity contribution < 1.29 is 0 Å². The molecular weight excluding hydrogens is 198 g/mol. The summed E-state index contributed by atoms with van der Waals surface area (Å²) >= 11 is 4.15. The summed E-state index contributed by atoms with van der Waals surface area (Å²) in [5, 5.41) is 6.48. The normalized spacial score (nSPS) is 20.5. The number of nitrogens with zero attached hydrogens (tertiary/aromatic N) is 3. The summed E-state index contributed by atoms with van der Waals surface area (Å²) < 4.78 is 0. The van der Waals surface area contributed by atoms with E-state index in [1.165, 1.54) is 0 Å². The zero-order valence-electron chi connectivity index (χ0n) is 8.03. The molecule has 0 aliphatic carbocycles. The quantitative estimate of drug-likeness (QED) is 0.523. The number of guanidine groups is 2. The van der Waals surface area contributed by atoms with Gasteiger partial charge in [-0.1, -0.05) is 0 Å². The maximum atomic E-state index is 4.38. The molecule has 14 heavy (non-hydrogen) atoms. The third-order valence-electron chi connectivity index (χ3n) is 2.15. The van der Waals surface area contributed by atoms with Crippen molar-refractivity contribution in [2.24, 2.45) is 9.98 Å². The van der Waals surface area contributed by atoms with Gasteiger partial charge in [-0.2, -0.15) is 12.6 Å². The molecule has 0 unspecified atom stereocenters. The van der Waals surface area contributed by atoms with E-state index in [1.54, 1.807) is 0 Å². The Kier molecular flexibility index (Phi) is 3.13. The summed E-state index contributed by atoms with van der Waals surface area (Å²) in [6, 6.07) is 0. The SMILES string of the molecule is SCCNC1=NCCN1C1=NCCN1. The molecule has 0 saturated carbocycles. The fraction of sp³-hybridized carbons (Fsp3) is 0.750. The zero-order valence-corrected chi connectivity index (χ0v) is 8.93. The van der Waals surface area contributed by atoms with E-state index in [-0.39, 0.29) is 0 Å². The molecule has 0 bridgehead atoms. The van der Waals surface area contributed by atoms with Crippen LogP contribution < -0.4 is 10.6 Å². The number of rotatable bonds is 2. The molecule has 0 aromatic heterocycles. The first-order valence-electron chi connectivity index (χ1n) is 4.87. The maximum absolute atomic E-state index is 4.38. The van der Waals surface area contributed by atoms with E-state index in [4.69, 9.17) is 0 Å². The van der Waals surface area contributed by atoms with Crippen LogP contribution >= 0.6 is 12.6 Å². The summed E-state index contributed by atoms with van der Waals surface area (Å²) in [6.07, 6.45) is 0. The van der Waals surface area contributed by atoms with Gasteiger partial charge in [-0.25, -0.2) is 0 Å². The average Bonchev–Trinajstić information content (AvgIpc) is 2.84. The van der Waals surface area contributed by atoms with Crippen LogP contribution in [0.3, 0.4) is 0 Å². The van der Waals surface area contributed by atoms with Gasteiger partial charge >= 0.3 is 0 Å². The van der Waals surface area contributed by atoms with E-state index >= 15 is 0 Å². The van der Waals surface area contributed by atoms with E-state index in [1.807, 2.05) is 0 Å². The van der Waals surface area contributed by atoms with E-state index in [2.05, 4.69) is 38.1 Å². The van der Waals surface area contributed by atoms with Crippen molar-refractivity contribution in [3.05, 3.63) is 0 Å². The number of hydrogen-bond donors (Lipinski definition) is 3. The van der Waals surface area contributed by atoms with Crippen molar-refractivity contribution in [3.63, 3.8) is 0 Å². The molecule has 2 N–H and O–H groups in total. The van der Waals surface area contributed by atoms with Crippen LogP contribution in [0, 0.1) is 0 Å². The lowest BCUT2D eigenvalue weighted by atomic mass is 10.6. The minimum absolute atomic E-state index is 0.812. The Morgan fingerprint density at radius 3 is 3.07 bits per heavy atom. The predicted octanol–water partition coefficient (Wildman–Crippen LogP) is -0.863. The average molecular weight is 213 g/mol. The van der Waals surface area contributed by atoms with E-state index in [0.717, 1.165) is 50.4 Å². The zero-order chi connectivity index (χ0) is 9.80. The van der Waals surface area contributed by atoms with Gasteiger partial charge in [-0.05, 0) is 0 Å². The summed E-state index contributed by atoms with van der Waals surface area (Å²) in [5.74, 6) is 2.69. The molecule has 0 radical (unpaired) electrons. The molecule has 0 aromatic carbocycles. The van der Waals surface area contributed by atoms with E-state index in [9.17, 15) is 0 Å². The van der Waals surface area contributed by atoms with Gasteiger partial charge in [0, 0.05) is 25.4 Å². The second-order valence-electron chi connectivity index (χ2n) is 3.14. The van der Waals surface area contributed by atoms with Crippen LogP contribution in [0.15, 0.2) is 9.98 Å². The first-order valence-corrected chi connectivity index (χ1v) is 5.50. The number of hydrogen-bond acceptors (Lipinski definition) is 6. The standard InChI is InChI=1S/C8H15N5S/c14-6-4-12-8-11-3-5-13(8)7-9-1-2-10-7/h14H,1-6H2,(H,9,10)(H,11,12). The van der Waals surface area contributed by atoms with Gasteiger partial charge < -0.3 is 10.6 Å². The molecule has 2 rings (SSSR count). The van der Waals surface area contributed by atoms with Crippen molar-refractivity contribution in [2.75, 3.05) is 38.5 Å². The predicted molar refractivity (Wildman–Crippen MR) is 61.2 cm³/mol. The maximum Gasteiger partial charge on any atom is 0.201 e. The Hall–Kier alpha value is -0.910. The van der Waals surface area contributed by atoms with Crippen molar-refractivity contribution in [1.29, 1.82) is 0 Å². The first kappa shape index (κ1) is 9.64. The molecule has 2 aliphatic heterocycles. The molecule has 0 aromatic rings. The van der Waals surface area contributed by atoms with Crippen LogP contribution in [0.25, 0.3) is 0 Å². The highest BCUT2D eigenvalue weighted by molar-refractivity contribution is 7.80. The molecular formula is C8H15N5S. The van der Waals surface area contributed by atoms with E-state index in [0.29, 0.717) is 0 Å². The lowest BCUT2D eigenvalue weighted by molar-refractivity contribution is 0.620. The van der Waals surface area contributed by atoms with Gasteiger partial charge in [-0.3, -0.25) is 14.9 Å². The van der Waals surface area contributed by atoms with Crippen molar-refractivity contribution in [2.45, 2.75) is 0 Å². The Bertz CT molecular complexity index is 262. The molecule has 0 atom stereocenters.